The maximum absolute atomic E-state index is 14.2. The number of halogens is 1. The van der Waals surface area contributed by atoms with Crippen LogP contribution in [-0.2, 0) is 6.54 Å². The van der Waals surface area contributed by atoms with Gasteiger partial charge in [-0.15, -0.1) is 0 Å². The predicted octanol–water partition coefficient (Wildman–Crippen LogP) is 4.13. The predicted molar refractivity (Wildman–Crippen MR) is 80.6 cm³/mol. The van der Waals surface area contributed by atoms with E-state index in [9.17, 15) is 14.5 Å². The van der Waals surface area contributed by atoms with E-state index in [2.05, 4.69) is 18.7 Å². The Morgan fingerprint density at radius 1 is 1.38 bits per heavy atom. The van der Waals surface area contributed by atoms with Gasteiger partial charge in [0, 0.05) is 30.8 Å². The van der Waals surface area contributed by atoms with E-state index in [1.165, 1.54) is 18.9 Å². The molecule has 0 atom stereocenters. The first-order chi connectivity index (χ1) is 9.99. The molecule has 1 fully saturated rings. The molecule has 0 N–H and O–H groups in total. The van der Waals surface area contributed by atoms with Crippen molar-refractivity contribution in [2.24, 2.45) is 5.92 Å². The number of nitro benzene ring substituents is 1. The Morgan fingerprint density at radius 2 is 2.05 bits per heavy atom. The van der Waals surface area contributed by atoms with E-state index in [4.69, 9.17) is 0 Å². The molecular weight excluding hydrogens is 271 g/mol. The summed E-state index contributed by atoms with van der Waals surface area (Å²) in [6.07, 6.45) is 4.72. The second kappa shape index (κ2) is 6.98. The highest BCUT2D eigenvalue weighted by Crippen LogP contribution is 2.28. The summed E-state index contributed by atoms with van der Waals surface area (Å²) in [5, 5.41) is 10.8. The van der Waals surface area contributed by atoms with E-state index in [1.54, 1.807) is 12.1 Å². The SMILES string of the molecule is CC(C)CN(Cc1cccc([N+](=O)[O-])c1F)C1CCCC1. The third kappa shape index (κ3) is 4.00. The first-order valence-electron chi connectivity index (χ1n) is 7.65. The molecule has 0 amide bonds. The molecule has 0 saturated heterocycles. The van der Waals surface area contributed by atoms with Crippen molar-refractivity contribution in [2.45, 2.75) is 52.1 Å². The molecule has 1 aromatic rings. The van der Waals surface area contributed by atoms with Crippen molar-refractivity contribution in [3.63, 3.8) is 0 Å². The van der Waals surface area contributed by atoms with E-state index in [1.807, 2.05) is 0 Å². The first-order valence-corrected chi connectivity index (χ1v) is 7.65. The van der Waals surface area contributed by atoms with Gasteiger partial charge in [0.1, 0.15) is 0 Å². The van der Waals surface area contributed by atoms with Crippen LogP contribution >= 0.6 is 0 Å². The Bertz CT molecular complexity index is 499. The van der Waals surface area contributed by atoms with Crippen molar-refractivity contribution >= 4 is 5.69 Å². The molecule has 1 aromatic carbocycles. The van der Waals surface area contributed by atoms with E-state index in [0.717, 1.165) is 19.4 Å². The summed E-state index contributed by atoms with van der Waals surface area (Å²) in [5.74, 6) is -0.193. The summed E-state index contributed by atoms with van der Waals surface area (Å²) >= 11 is 0. The van der Waals surface area contributed by atoms with Gasteiger partial charge in [0.2, 0.25) is 5.82 Å². The van der Waals surface area contributed by atoms with Gasteiger partial charge in [-0.25, -0.2) is 0 Å². The zero-order chi connectivity index (χ0) is 15.4. The van der Waals surface area contributed by atoms with Gasteiger partial charge in [0.15, 0.2) is 0 Å². The van der Waals surface area contributed by atoms with E-state index in [-0.39, 0.29) is 0 Å². The van der Waals surface area contributed by atoms with Gasteiger partial charge >= 0.3 is 5.69 Å². The van der Waals surface area contributed by atoms with E-state index >= 15 is 0 Å². The zero-order valence-corrected chi connectivity index (χ0v) is 12.7. The fourth-order valence-corrected chi connectivity index (χ4v) is 3.13. The Balaban J connectivity index is 2.19. The molecular formula is C16H23FN2O2. The van der Waals surface area contributed by atoms with E-state index in [0.29, 0.717) is 24.1 Å². The molecule has 116 valence electrons. The van der Waals surface area contributed by atoms with Crippen molar-refractivity contribution in [1.82, 2.24) is 4.90 Å². The fraction of sp³-hybridized carbons (Fsp3) is 0.625. The Morgan fingerprint density at radius 3 is 2.62 bits per heavy atom. The van der Waals surface area contributed by atoms with Crippen molar-refractivity contribution < 1.29 is 9.31 Å². The molecule has 0 aromatic heterocycles. The summed E-state index contributed by atoms with van der Waals surface area (Å²) in [6, 6.07) is 4.93. The second-order valence-corrected chi connectivity index (χ2v) is 6.27. The quantitative estimate of drug-likeness (QED) is 0.585. The average Bonchev–Trinajstić information content (AvgIpc) is 2.93. The topological polar surface area (TPSA) is 46.4 Å². The Hall–Kier alpha value is -1.49. The molecule has 0 radical (unpaired) electrons. The number of hydrogen-bond acceptors (Lipinski definition) is 3. The minimum absolute atomic E-state index is 0.427. The highest BCUT2D eigenvalue weighted by atomic mass is 19.1. The van der Waals surface area contributed by atoms with Crippen molar-refractivity contribution in [2.75, 3.05) is 6.54 Å². The third-order valence-corrected chi connectivity index (χ3v) is 4.07. The number of nitrogens with zero attached hydrogens (tertiary/aromatic N) is 2. The summed E-state index contributed by atoms with van der Waals surface area (Å²) in [5.41, 5.74) is 0.000156. The van der Waals surface area contributed by atoms with Crippen LogP contribution in [0.1, 0.15) is 45.1 Å². The molecule has 0 heterocycles. The van der Waals surface area contributed by atoms with Crippen molar-refractivity contribution in [3.8, 4) is 0 Å². The summed E-state index contributed by atoms with van der Waals surface area (Å²) in [4.78, 5) is 12.5. The third-order valence-electron chi connectivity index (χ3n) is 4.07. The summed E-state index contributed by atoms with van der Waals surface area (Å²) < 4.78 is 14.2. The maximum atomic E-state index is 14.2. The van der Waals surface area contributed by atoms with Gasteiger partial charge in [0.05, 0.1) is 4.92 Å². The molecule has 0 unspecified atom stereocenters. The normalized spacial score (nSPS) is 16.0. The molecule has 21 heavy (non-hydrogen) atoms. The molecule has 0 spiro atoms. The van der Waals surface area contributed by atoms with Gasteiger partial charge in [-0.2, -0.15) is 4.39 Å². The molecule has 4 nitrogen and oxygen atoms in total. The molecule has 1 saturated carbocycles. The highest BCUT2D eigenvalue weighted by Gasteiger charge is 2.25. The molecule has 0 aliphatic heterocycles. The van der Waals surface area contributed by atoms with Crippen LogP contribution in [0.25, 0.3) is 0 Å². The molecule has 0 bridgehead atoms. The van der Waals surface area contributed by atoms with Crippen LogP contribution in [0, 0.1) is 21.8 Å². The highest BCUT2D eigenvalue weighted by molar-refractivity contribution is 5.36. The average molecular weight is 294 g/mol. The van der Waals surface area contributed by atoms with Gasteiger partial charge in [0.25, 0.3) is 0 Å². The van der Waals surface area contributed by atoms with Crippen LogP contribution in [-0.4, -0.2) is 22.4 Å². The minimum Gasteiger partial charge on any atom is -0.296 e. The summed E-state index contributed by atoms with van der Waals surface area (Å²) in [7, 11) is 0. The van der Waals surface area contributed by atoms with Gasteiger partial charge in [-0.05, 0) is 18.8 Å². The molecule has 2 rings (SSSR count). The van der Waals surface area contributed by atoms with Crippen LogP contribution in [0.4, 0.5) is 10.1 Å². The lowest BCUT2D eigenvalue weighted by Crippen LogP contribution is -2.36. The number of rotatable bonds is 6. The second-order valence-electron chi connectivity index (χ2n) is 6.27. The number of benzene rings is 1. The van der Waals surface area contributed by atoms with Crippen molar-refractivity contribution in [3.05, 3.63) is 39.7 Å². The van der Waals surface area contributed by atoms with Gasteiger partial charge in [-0.1, -0.05) is 38.8 Å². The molecule has 1 aliphatic carbocycles. The zero-order valence-electron chi connectivity index (χ0n) is 12.7. The number of hydrogen-bond donors (Lipinski definition) is 0. The smallest absolute Gasteiger partial charge is 0.296 e. The minimum atomic E-state index is -0.686. The lowest BCUT2D eigenvalue weighted by Gasteiger charge is -2.30. The Kier molecular flexibility index (Phi) is 5.28. The lowest BCUT2D eigenvalue weighted by molar-refractivity contribution is -0.387. The standard InChI is InChI=1S/C16H23FN2O2/c1-12(2)10-18(14-7-3-4-8-14)11-13-6-5-9-15(16(13)17)19(20)21/h5-6,9,12,14H,3-4,7-8,10-11H2,1-2H3. The lowest BCUT2D eigenvalue weighted by atomic mass is 10.1. The molecule has 5 heteroatoms. The van der Waals surface area contributed by atoms with Crippen LogP contribution in [0.2, 0.25) is 0 Å². The first kappa shape index (κ1) is 15.9. The van der Waals surface area contributed by atoms with Crippen LogP contribution in [0.5, 0.6) is 0 Å². The van der Waals surface area contributed by atoms with Crippen LogP contribution in [0.3, 0.4) is 0 Å². The van der Waals surface area contributed by atoms with Crippen LogP contribution < -0.4 is 0 Å². The monoisotopic (exact) mass is 294 g/mol. The van der Waals surface area contributed by atoms with Crippen LogP contribution in [0.15, 0.2) is 18.2 Å². The van der Waals surface area contributed by atoms with Gasteiger partial charge in [-0.3, -0.25) is 15.0 Å². The maximum Gasteiger partial charge on any atom is 0.305 e. The van der Waals surface area contributed by atoms with E-state index < -0.39 is 16.4 Å². The summed E-state index contributed by atoms with van der Waals surface area (Å²) in [6.45, 7) is 5.64. The molecule has 1 aliphatic rings. The van der Waals surface area contributed by atoms with Crippen molar-refractivity contribution in [1.29, 1.82) is 0 Å². The Labute approximate surface area is 125 Å². The largest absolute Gasteiger partial charge is 0.305 e. The number of nitro groups is 1. The van der Waals surface area contributed by atoms with Gasteiger partial charge < -0.3 is 0 Å². The fourth-order valence-electron chi connectivity index (χ4n) is 3.13.